The van der Waals surface area contributed by atoms with E-state index in [-0.39, 0.29) is 23.4 Å². The second-order valence-corrected chi connectivity index (χ2v) is 4.96. The molecular formula is C12H16ClN3O4. The smallest absolute Gasteiger partial charge is 0.287 e. The second-order valence-electron chi connectivity index (χ2n) is 4.58. The summed E-state index contributed by atoms with van der Waals surface area (Å²) in [4.78, 5) is 26.6. The lowest BCUT2D eigenvalue weighted by molar-refractivity contribution is -0.384. The number of rotatable bonds is 5. The molecule has 0 radical (unpaired) electrons. The standard InChI is InChI=1S/C12H16ClN3O4/c13-3-6-20-10-1-4-15(5-2-10)12(17)11-7-9(8-14-11)16(18)19/h7-8,10,14H,1-6H2. The van der Waals surface area contributed by atoms with Gasteiger partial charge in [0.25, 0.3) is 11.6 Å². The first-order valence-corrected chi connectivity index (χ1v) is 6.95. The van der Waals surface area contributed by atoms with Crippen molar-refractivity contribution in [2.75, 3.05) is 25.6 Å². The van der Waals surface area contributed by atoms with E-state index in [0.717, 1.165) is 12.8 Å². The maximum absolute atomic E-state index is 12.2. The fourth-order valence-corrected chi connectivity index (χ4v) is 2.31. The minimum absolute atomic E-state index is 0.103. The van der Waals surface area contributed by atoms with Crippen molar-refractivity contribution < 1.29 is 14.5 Å². The van der Waals surface area contributed by atoms with Gasteiger partial charge in [-0.3, -0.25) is 14.9 Å². The number of alkyl halides is 1. The van der Waals surface area contributed by atoms with Gasteiger partial charge in [0, 0.05) is 25.0 Å². The first kappa shape index (κ1) is 14.8. The van der Waals surface area contributed by atoms with E-state index in [0.29, 0.717) is 25.6 Å². The molecule has 0 spiro atoms. The van der Waals surface area contributed by atoms with Crippen LogP contribution in [0.3, 0.4) is 0 Å². The zero-order valence-corrected chi connectivity index (χ0v) is 11.6. The van der Waals surface area contributed by atoms with Crippen molar-refractivity contribution in [2.24, 2.45) is 0 Å². The van der Waals surface area contributed by atoms with Gasteiger partial charge in [0.05, 0.1) is 23.8 Å². The normalized spacial score (nSPS) is 16.4. The molecule has 1 amide bonds. The molecule has 1 aliphatic heterocycles. The van der Waals surface area contributed by atoms with Gasteiger partial charge in [-0.2, -0.15) is 0 Å². The number of halogens is 1. The molecule has 1 fully saturated rings. The number of nitro groups is 1. The number of nitrogens with one attached hydrogen (secondary N) is 1. The van der Waals surface area contributed by atoms with Crippen molar-refractivity contribution >= 4 is 23.2 Å². The number of H-pyrrole nitrogens is 1. The van der Waals surface area contributed by atoms with Crippen LogP contribution in [0.2, 0.25) is 0 Å². The molecule has 0 unspecified atom stereocenters. The van der Waals surface area contributed by atoms with Crippen LogP contribution >= 0.6 is 11.6 Å². The summed E-state index contributed by atoms with van der Waals surface area (Å²) < 4.78 is 5.53. The predicted molar refractivity (Wildman–Crippen MR) is 73.0 cm³/mol. The summed E-state index contributed by atoms with van der Waals surface area (Å²) in [5.74, 6) is 0.250. The van der Waals surface area contributed by atoms with Gasteiger partial charge < -0.3 is 14.6 Å². The molecule has 2 heterocycles. The van der Waals surface area contributed by atoms with Gasteiger partial charge in [0.2, 0.25) is 0 Å². The Morgan fingerprint density at radius 2 is 2.25 bits per heavy atom. The molecule has 1 saturated heterocycles. The number of aromatic nitrogens is 1. The number of likely N-dealkylation sites (tertiary alicyclic amines) is 1. The third-order valence-electron chi connectivity index (χ3n) is 3.27. The van der Waals surface area contributed by atoms with Gasteiger partial charge in [-0.25, -0.2) is 0 Å². The van der Waals surface area contributed by atoms with Gasteiger partial charge >= 0.3 is 0 Å². The number of hydrogen-bond acceptors (Lipinski definition) is 4. The molecule has 2 rings (SSSR count). The van der Waals surface area contributed by atoms with Crippen molar-refractivity contribution in [3.63, 3.8) is 0 Å². The Balaban J connectivity index is 1.89. The van der Waals surface area contributed by atoms with Crippen LogP contribution in [-0.2, 0) is 4.74 Å². The van der Waals surface area contributed by atoms with Gasteiger partial charge in [-0.15, -0.1) is 11.6 Å². The number of nitrogens with zero attached hydrogens (tertiary/aromatic N) is 2. The first-order chi connectivity index (χ1) is 9.61. The van der Waals surface area contributed by atoms with Crippen molar-refractivity contribution in [3.8, 4) is 0 Å². The van der Waals surface area contributed by atoms with Crippen molar-refractivity contribution in [1.29, 1.82) is 0 Å². The molecule has 0 bridgehead atoms. The maximum Gasteiger partial charge on any atom is 0.287 e. The van der Waals surface area contributed by atoms with Crippen LogP contribution < -0.4 is 0 Å². The SMILES string of the molecule is O=C(c1cc([N+](=O)[O-])c[nH]1)N1CCC(OCCCl)CC1. The van der Waals surface area contributed by atoms with Crippen LogP contribution in [-0.4, -0.2) is 52.4 Å². The molecule has 0 saturated carbocycles. The van der Waals surface area contributed by atoms with E-state index < -0.39 is 4.92 Å². The molecule has 20 heavy (non-hydrogen) atoms. The third-order valence-corrected chi connectivity index (χ3v) is 3.42. The number of ether oxygens (including phenoxy) is 1. The van der Waals surface area contributed by atoms with Crippen LogP contribution in [0.1, 0.15) is 23.3 Å². The fraction of sp³-hybridized carbons (Fsp3) is 0.583. The summed E-state index contributed by atoms with van der Waals surface area (Å²) in [7, 11) is 0. The van der Waals surface area contributed by atoms with Gasteiger partial charge in [-0.05, 0) is 12.8 Å². The lowest BCUT2D eigenvalue weighted by Gasteiger charge is -2.31. The van der Waals surface area contributed by atoms with E-state index in [2.05, 4.69) is 4.98 Å². The zero-order valence-electron chi connectivity index (χ0n) is 10.9. The molecule has 7 nitrogen and oxygen atoms in total. The lowest BCUT2D eigenvalue weighted by Crippen LogP contribution is -2.41. The van der Waals surface area contributed by atoms with Crippen LogP contribution in [0.5, 0.6) is 0 Å². The molecule has 1 aromatic heterocycles. The quantitative estimate of drug-likeness (QED) is 0.510. The molecule has 1 N–H and O–H groups in total. The van der Waals surface area contributed by atoms with Gasteiger partial charge in [0.15, 0.2) is 0 Å². The zero-order chi connectivity index (χ0) is 14.5. The molecule has 1 aliphatic rings. The Hall–Kier alpha value is -1.60. The molecule has 110 valence electrons. The van der Waals surface area contributed by atoms with Crippen molar-refractivity contribution in [1.82, 2.24) is 9.88 Å². The number of hydrogen-bond donors (Lipinski definition) is 1. The highest BCUT2D eigenvalue weighted by atomic mass is 35.5. The van der Waals surface area contributed by atoms with E-state index in [1.807, 2.05) is 0 Å². The average molecular weight is 302 g/mol. The Morgan fingerprint density at radius 1 is 1.55 bits per heavy atom. The molecule has 1 aromatic rings. The predicted octanol–water partition coefficient (Wildman–Crippen LogP) is 1.78. The van der Waals surface area contributed by atoms with E-state index in [9.17, 15) is 14.9 Å². The molecule has 8 heteroatoms. The largest absolute Gasteiger partial charge is 0.377 e. The van der Waals surface area contributed by atoms with E-state index in [4.69, 9.17) is 16.3 Å². The number of piperidine rings is 1. The number of carbonyl (C=O) groups is 1. The Kier molecular flexibility index (Phi) is 4.97. The highest BCUT2D eigenvalue weighted by Crippen LogP contribution is 2.18. The Bertz CT molecular complexity index is 483. The summed E-state index contributed by atoms with van der Waals surface area (Å²) >= 11 is 5.56. The Labute approximate surface area is 121 Å². The highest BCUT2D eigenvalue weighted by Gasteiger charge is 2.25. The van der Waals surface area contributed by atoms with Crippen molar-refractivity contribution in [3.05, 3.63) is 28.1 Å². The minimum Gasteiger partial charge on any atom is -0.377 e. The summed E-state index contributed by atoms with van der Waals surface area (Å²) in [6.45, 7) is 1.68. The Morgan fingerprint density at radius 3 is 2.80 bits per heavy atom. The van der Waals surface area contributed by atoms with Crippen LogP contribution in [0.25, 0.3) is 0 Å². The van der Waals surface area contributed by atoms with Crippen LogP contribution in [0.15, 0.2) is 12.3 Å². The monoisotopic (exact) mass is 301 g/mol. The molecular weight excluding hydrogens is 286 g/mol. The number of amides is 1. The first-order valence-electron chi connectivity index (χ1n) is 6.41. The van der Waals surface area contributed by atoms with Gasteiger partial charge in [0.1, 0.15) is 5.69 Å². The minimum atomic E-state index is -0.528. The highest BCUT2D eigenvalue weighted by molar-refractivity contribution is 6.17. The second kappa shape index (κ2) is 6.71. The lowest BCUT2D eigenvalue weighted by atomic mass is 10.1. The summed E-state index contributed by atoms with van der Waals surface area (Å²) in [5.41, 5.74) is 0.144. The number of carbonyl (C=O) groups excluding carboxylic acids is 1. The topological polar surface area (TPSA) is 88.5 Å². The summed E-state index contributed by atoms with van der Waals surface area (Å²) in [6.07, 6.45) is 2.87. The van der Waals surface area contributed by atoms with E-state index in [1.165, 1.54) is 12.3 Å². The number of aromatic amines is 1. The van der Waals surface area contributed by atoms with Crippen molar-refractivity contribution in [2.45, 2.75) is 18.9 Å². The van der Waals surface area contributed by atoms with Gasteiger partial charge in [-0.1, -0.05) is 0 Å². The third kappa shape index (κ3) is 3.49. The summed E-state index contributed by atoms with van der Waals surface area (Å²) in [5, 5.41) is 10.6. The molecule has 0 aromatic carbocycles. The maximum atomic E-state index is 12.2. The van der Waals surface area contributed by atoms with Crippen LogP contribution in [0.4, 0.5) is 5.69 Å². The van der Waals surface area contributed by atoms with E-state index >= 15 is 0 Å². The average Bonchev–Trinajstić information content (AvgIpc) is 2.95. The summed E-state index contributed by atoms with van der Waals surface area (Å²) in [6, 6.07) is 1.26. The molecule has 0 aliphatic carbocycles. The molecule has 0 atom stereocenters. The van der Waals surface area contributed by atoms with E-state index in [1.54, 1.807) is 4.90 Å². The van der Waals surface area contributed by atoms with Crippen LogP contribution in [0, 0.1) is 10.1 Å². The fourth-order valence-electron chi connectivity index (χ4n) is 2.22.